The van der Waals surface area contributed by atoms with Crippen LogP contribution in [0.2, 0.25) is 0 Å². The number of hydrogen-bond donors (Lipinski definition) is 0. The third-order valence-electron chi connectivity index (χ3n) is 4.72. The minimum atomic E-state index is 0.528. The predicted octanol–water partition coefficient (Wildman–Crippen LogP) is 3.03. The van der Waals surface area contributed by atoms with Crippen LogP contribution in [-0.2, 0) is 13.0 Å². The molecule has 6 heteroatoms. The Morgan fingerprint density at radius 2 is 2.00 bits per heavy atom. The fraction of sp³-hybridized carbons (Fsp3) is 0.444. The second-order valence-corrected chi connectivity index (χ2v) is 7.55. The molecule has 3 heterocycles. The summed E-state index contributed by atoms with van der Waals surface area (Å²) in [5.74, 6) is 0. The molecule has 0 saturated carbocycles. The molecule has 0 bridgehead atoms. The van der Waals surface area contributed by atoms with Crippen LogP contribution < -0.4 is 0 Å². The maximum absolute atomic E-state index is 4.91. The first kappa shape index (κ1) is 15.7. The highest BCUT2D eigenvalue weighted by molar-refractivity contribution is 7.18. The average Bonchev–Trinajstić information content (AvgIpc) is 3.24. The van der Waals surface area contributed by atoms with Gasteiger partial charge in [0.15, 0.2) is 0 Å². The van der Waals surface area contributed by atoms with Crippen LogP contribution in [0, 0.1) is 0 Å². The summed E-state index contributed by atoms with van der Waals surface area (Å²) in [4.78, 5) is 9.79. The van der Waals surface area contributed by atoms with Gasteiger partial charge in [-0.15, -0.1) is 11.3 Å². The highest BCUT2D eigenvalue weighted by Crippen LogP contribution is 2.23. The van der Waals surface area contributed by atoms with Gasteiger partial charge >= 0.3 is 0 Å². The van der Waals surface area contributed by atoms with Gasteiger partial charge in [-0.25, -0.2) is 4.98 Å². The maximum Gasteiger partial charge on any atom is 0.124 e. The van der Waals surface area contributed by atoms with E-state index in [1.165, 1.54) is 9.71 Å². The van der Waals surface area contributed by atoms with Crippen molar-refractivity contribution in [2.45, 2.75) is 25.9 Å². The van der Waals surface area contributed by atoms with E-state index in [1.807, 2.05) is 17.4 Å². The third-order valence-corrected chi connectivity index (χ3v) is 5.77. The molecular weight excluding hydrogens is 320 g/mol. The smallest absolute Gasteiger partial charge is 0.124 e. The van der Waals surface area contributed by atoms with Crippen LogP contribution in [-0.4, -0.2) is 52.2 Å². The molecule has 0 unspecified atom stereocenters. The quantitative estimate of drug-likeness (QED) is 0.713. The molecule has 1 atom stereocenters. The Hall–Kier alpha value is -1.76. The molecular formula is C18H22N4OS. The van der Waals surface area contributed by atoms with E-state index in [4.69, 9.17) is 9.51 Å². The molecule has 1 aromatic carbocycles. The highest BCUT2D eigenvalue weighted by atomic mass is 32.1. The Kier molecular flexibility index (Phi) is 4.60. The summed E-state index contributed by atoms with van der Waals surface area (Å²) < 4.78 is 6.20. The van der Waals surface area contributed by atoms with E-state index in [9.17, 15) is 0 Å². The maximum atomic E-state index is 4.91. The molecule has 0 radical (unpaired) electrons. The first-order valence-electron chi connectivity index (χ1n) is 8.48. The van der Waals surface area contributed by atoms with E-state index in [2.05, 4.69) is 46.1 Å². The van der Waals surface area contributed by atoms with Gasteiger partial charge in [0.1, 0.15) is 6.26 Å². The first-order valence-corrected chi connectivity index (χ1v) is 9.30. The number of thiazole rings is 1. The minimum Gasteiger partial charge on any atom is -0.364 e. The molecule has 5 nitrogen and oxygen atoms in total. The second-order valence-electron chi connectivity index (χ2n) is 6.43. The van der Waals surface area contributed by atoms with Crippen molar-refractivity contribution in [3.05, 3.63) is 47.3 Å². The topological polar surface area (TPSA) is 45.4 Å². The lowest BCUT2D eigenvalue weighted by Gasteiger charge is -2.37. The molecule has 1 aliphatic heterocycles. The van der Waals surface area contributed by atoms with Crippen LogP contribution in [0.4, 0.5) is 0 Å². The van der Waals surface area contributed by atoms with Crippen LogP contribution in [0.1, 0.15) is 17.6 Å². The van der Waals surface area contributed by atoms with E-state index in [-0.39, 0.29) is 0 Å². The molecule has 0 amide bonds. The van der Waals surface area contributed by atoms with Crippen LogP contribution in [0.15, 0.2) is 41.1 Å². The molecule has 24 heavy (non-hydrogen) atoms. The van der Waals surface area contributed by atoms with Gasteiger partial charge in [0.05, 0.1) is 20.9 Å². The summed E-state index contributed by atoms with van der Waals surface area (Å²) >= 11 is 1.83. The van der Waals surface area contributed by atoms with Crippen molar-refractivity contribution in [3.8, 4) is 0 Å². The van der Waals surface area contributed by atoms with Crippen molar-refractivity contribution < 1.29 is 4.52 Å². The predicted molar refractivity (Wildman–Crippen MR) is 96.1 cm³/mol. The normalized spacial score (nSPS) is 18.2. The van der Waals surface area contributed by atoms with Gasteiger partial charge in [0, 0.05) is 51.3 Å². The number of fused-ring (bicyclic) bond motifs is 1. The van der Waals surface area contributed by atoms with Gasteiger partial charge in [0.2, 0.25) is 0 Å². The molecule has 3 aromatic rings. The molecule has 2 aromatic heterocycles. The Balaban J connectivity index is 1.31. The van der Waals surface area contributed by atoms with Gasteiger partial charge in [0.25, 0.3) is 0 Å². The van der Waals surface area contributed by atoms with Gasteiger partial charge in [-0.1, -0.05) is 17.3 Å². The zero-order valence-electron chi connectivity index (χ0n) is 13.9. The number of hydrogen-bond acceptors (Lipinski definition) is 6. The number of benzene rings is 1. The van der Waals surface area contributed by atoms with E-state index in [0.29, 0.717) is 6.04 Å². The summed E-state index contributed by atoms with van der Waals surface area (Å²) in [5, 5.41) is 5.25. The fourth-order valence-corrected chi connectivity index (χ4v) is 4.39. The molecule has 0 N–H and O–H groups in total. The SMILES string of the molecule is C[C@@H](Cc1nc2ccccc2s1)N1CCN(Cc2ccon2)CC1. The molecule has 1 saturated heterocycles. The summed E-state index contributed by atoms with van der Waals surface area (Å²) in [6, 6.07) is 10.9. The van der Waals surface area contributed by atoms with Gasteiger partial charge in [-0.05, 0) is 19.1 Å². The monoisotopic (exact) mass is 342 g/mol. The lowest BCUT2D eigenvalue weighted by molar-refractivity contribution is 0.0963. The van der Waals surface area contributed by atoms with Crippen LogP contribution in [0.25, 0.3) is 10.2 Å². The van der Waals surface area contributed by atoms with Gasteiger partial charge < -0.3 is 4.52 Å². The zero-order valence-corrected chi connectivity index (χ0v) is 14.7. The van der Waals surface area contributed by atoms with E-state index in [1.54, 1.807) is 6.26 Å². The van der Waals surface area contributed by atoms with Crippen molar-refractivity contribution in [2.24, 2.45) is 0 Å². The molecule has 4 rings (SSSR count). The third kappa shape index (κ3) is 3.50. The Labute approximate surface area is 145 Å². The number of nitrogens with zero attached hydrogens (tertiary/aromatic N) is 4. The second kappa shape index (κ2) is 7.01. The lowest BCUT2D eigenvalue weighted by atomic mass is 10.1. The molecule has 126 valence electrons. The average molecular weight is 342 g/mol. The van der Waals surface area contributed by atoms with Gasteiger partial charge in [-0.3, -0.25) is 9.80 Å². The summed E-state index contributed by atoms with van der Waals surface area (Å²) in [5.41, 5.74) is 2.15. The van der Waals surface area contributed by atoms with Crippen LogP contribution in [0.3, 0.4) is 0 Å². The molecule has 0 spiro atoms. The number of aromatic nitrogens is 2. The Morgan fingerprint density at radius 3 is 2.75 bits per heavy atom. The minimum absolute atomic E-state index is 0.528. The summed E-state index contributed by atoms with van der Waals surface area (Å²) in [6.07, 6.45) is 2.67. The Bertz CT molecular complexity index is 744. The van der Waals surface area contributed by atoms with E-state index in [0.717, 1.165) is 50.4 Å². The Morgan fingerprint density at radius 1 is 1.17 bits per heavy atom. The molecule has 0 aliphatic carbocycles. The standard InChI is InChI=1S/C18H22N4OS/c1-14(12-18-19-16-4-2-3-5-17(16)24-18)22-9-7-21(8-10-22)13-15-6-11-23-20-15/h2-6,11,14H,7-10,12-13H2,1H3/t14-/m0/s1. The van der Waals surface area contributed by atoms with E-state index < -0.39 is 0 Å². The van der Waals surface area contributed by atoms with Crippen molar-refractivity contribution in [3.63, 3.8) is 0 Å². The number of para-hydroxylation sites is 1. The number of piperazine rings is 1. The van der Waals surface area contributed by atoms with Crippen LogP contribution in [0.5, 0.6) is 0 Å². The van der Waals surface area contributed by atoms with Crippen molar-refractivity contribution >= 4 is 21.6 Å². The lowest BCUT2D eigenvalue weighted by Crippen LogP contribution is -2.49. The fourth-order valence-electron chi connectivity index (χ4n) is 3.30. The van der Waals surface area contributed by atoms with Crippen molar-refractivity contribution in [2.75, 3.05) is 26.2 Å². The first-order chi connectivity index (χ1) is 11.8. The zero-order chi connectivity index (χ0) is 16.4. The van der Waals surface area contributed by atoms with Crippen molar-refractivity contribution in [1.29, 1.82) is 0 Å². The largest absolute Gasteiger partial charge is 0.364 e. The highest BCUT2D eigenvalue weighted by Gasteiger charge is 2.22. The van der Waals surface area contributed by atoms with Crippen LogP contribution >= 0.6 is 11.3 Å². The molecule has 1 fully saturated rings. The number of rotatable bonds is 5. The van der Waals surface area contributed by atoms with Gasteiger partial charge in [-0.2, -0.15) is 0 Å². The summed E-state index contributed by atoms with van der Waals surface area (Å²) in [7, 11) is 0. The molecule has 1 aliphatic rings. The van der Waals surface area contributed by atoms with E-state index >= 15 is 0 Å². The summed E-state index contributed by atoms with van der Waals surface area (Å²) in [6.45, 7) is 7.57. The van der Waals surface area contributed by atoms with Crippen molar-refractivity contribution in [1.82, 2.24) is 19.9 Å².